The molecule has 5 N–H and O–H groups in total. The van der Waals surface area contributed by atoms with E-state index in [0.29, 0.717) is 51.7 Å². The highest BCUT2D eigenvalue weighted by Crippen LogP contribution is 2.61. The number of nitrogens with one attached hydrogen (secondary N) is 2. The number of anilines is 2. The van der Waals surface area contributed by atoms with Crippen molar-refractivity contribution in [1.29, 1.82) is 0 Å². The fourth-order valence-corrected chi connectivity index (χ4v) is 10.3. The molecule has 5 aliphatic rings. The number of hydrogen-bond donors (Lipinski definition) is 4. The van der Waals surface area contributed by atoms with E-state index in [-0.39, 0.29) is 17.9 Å². The van der Waals surface area contributed by atoms with Crippen molar-refractivity contribution in [2.45, 2.75) is 83.4 Å². The summed E-state index contributed by atoms with van der Waals surface area (Å²) in [4.78, 5) is 24.5. The molecule has 0 radical (unpaired) electrons. The molecule has 1 aliphatic heterocycles. The first-order valence-corrected chi connectivity index (χ1v) is 19.7. The quantitative estimate of drug-likeness (QED) is 0.0788. The zero-order valence-electron chi connectivity index (χ0n) is 30.9. The van der Waals surface area contributed by atoms with Crippen molar-refractivity contribution in [2.24, 2.45) is 29.1 Å². The molecule has 53 heavy (non-hydrogen) atoms. The van der Waals surface area contributed by atoms with E-state index in [9.17, 15) is 9.90 Å². The summed E-state index contributed by atoms with van der Waals surface area (Å²) >= 11 is 0. The van der Waals surface area contributed by atoms with Gasteiger partial charge in [-0.25, -0.2) is 14.6 Å². The van der Waals surface area contributed by atoms with Gasteiger partial charge in [0.15, 0.2) is 11.4 Å². The first kappa shape index (κ1) is 35.5. The fraction of sp³-hybridized carbons (Fsp3) is 0.524. The molecule has 11 heteroatoms. The highest BCUT2D eigenvalue weighted by molar-refractivity contribution is 5.98. The molecular weight excluding hydrogens is 665 g/mol. The molecule has 9 rings (SSSR count). The van der Waals surface area contributed by atoms with Crippen LogP contribution in [0.4, 0.5) is 11.5 Å². The first-order chi connectivity index (χ1) is 25.8. The molecule has 1 saturated heterocycles. The summed E-state index contributed by atoms with van der Waals surface area (Å²) in [6, 6.07) is 15.3. The van der Waals surface area contributed by atoms with Crippen LogP contribution in [0.25, 0.3) is 22.3 Å². The number of benzene rings is 2. The van der Waals surface area contributed by atoms with Gasteiger partial charge in [0.25, 0.3) is 0 Å². The van der Waals surface area contributed by atoms with Gasteiger partial charge in [-0.15, -0.1) is 0 Å². The van der Waals surface area contributed by atoms with Gasteiger partial charge >= 0.3 is 0 Å². The summed E-state index contributed by atoms with van der Waals surface area (Å²) in [7, 11) is 0. The Morgan fingerprint density at radius 2 is 1.79 bits per heavy atom. The molecule has 2 unspecified atom stereocenters. The second kappa shape index (κ2) is 15.1. The van der Waals surface area contributed by atoms with Crippen LogP contribution < -0.4 is 21.1 Å². The Labute approximate surface area is 312 Å². The summed E-state index contributed by atoms with van der Waals surface area (Å²) < 4.78 is 8.17. The molecule has 4 aromatic rings. The van der Waals surface area contributed by atoms with Gasteiger partial charge in [-0.05, 0) is 124 Å². The molecule has 280 valence electrons. The maximum absolute atomic E-state index is 13.1. The monoisotopic (exact) mass is 718 g/mol. The van der Waals surface area contributed by atoms with Crippen LogP contribution in [-0.2, 0) is 4.79 Å². The molecule has 1 amide bonds. The van der Waals surface area contributed by atoms with Crippen molar-refractivity contribution in [1.82, 2.24) is 30.0 Å². The number of carbonyl (C=O) groups excluding carboxylic acids is 1. The van der Waals surface area contributed by atoms with Crippen molar-refractivity contribution in [3.05, 3.63) is 67.5 Å². The minimum absolute atomic E-state index is 0.0666. The van der Waals surface area contributed by atoms with Crippen LogP contribution in [0.3, 0.4) is 0 Å². The van der Waals surface area contributed by atoms with Crippen molar-refractivity contribution in [2.75, 3.05) is 37.2 Å². The highest BCUT2D eigenvalue weighted by Gasteiger charge is 2.50. The lowest BCUT2D eigenvalue weighted by atomic mass is 9.48. The van der Waals surface area contributed by atoms with Crippen molar-refractivity contribution in [3.63, 3.8) is 0 Å². The molecule has 4 aliphatic carbocycles. The number of hydrogen-bond acceptors (Lipinski definition) is 9. The van der Waals surface area contributed by atoms with Gasteiger partial charge in [-0.1, -0.05) is 31.7 Å². The summed E-state index contributed by atoms with van der Waals surface area (Å²) in [5, 5.41) is 22.5. The third-order valence-electron chi connectivity index (χ3n) is 12.6. The van der Waals surface area contributed by atoms with Crippen LogP contribution in [0.1, 0.15) is 77.2 Å². The summed E-state index contributed by atoms with van der Waals surface area (Å²) in [5.41, 5.74) is 9.74. The fourth-order valence-electron chi connectivity index (χ4n) is 10.3. The second-order valence-electron chi connectivity index (χ2n) is 16.4. The second-order valence-corrected chi connectivity index (χ2v) is 16.4. The number of nitrogen functional groups attached to an aromatic ring is 1. The zero-order valence-corrected chi connectivity index (χ0v) is 30.9. The summed E-state index contributed by atoms with van der Waals surface area (Å²) in [6.07, 6.45) is 14.6. The van der Waals surface area contributed by atoms with E-state index < -0.39 is 6.23 Å². The number of aliphatic hydroxyl groups is 1. The number of rotatable bonds is 14. The van der Waals surface area contributed by atoms with E-state index in [1.807, 2.05) is 53.2 Å². The largest absolute Gasteiger partial charge is 0.455 e. The molecular formula is C42H54N8O3. The van der Waals surface area contributed by atoms with Crippen LogP contribution in [-0.4, -0.2) is 68.1 Å². The molecule has 5 fully saturated rings. The highest BCUT2D eigenvalue weighted by atomic mass is 16.5. The summed E-state index contributed by atoms with van der Waals surface area (Å²) in [6.45, 7) is 9.13. The number of nitrogens with two attached hydrogens (primary N) is 1. The number of carbonyl (C=O) groups is 1. The van der Waals surface area contributed by atoms with Gasteiger partial charge in [0, 0.05) is 37.7 Å². The van der Waals surface area contributed by atoms with Gasteiger partial charge in [-0.2, -0.15) is 5.10 Å². The van der Waals surface area contributed by atoms with Crippen molar-refractivity contribution >= 4 is 28.4 Å². The first-order valence-electron chi connectivity index (χ1n) is 19.7. The Hall–Kier alpha value is -4.48. The van der Waals surface area contributed by atoms with E-state index in [1.54, 1.807) is 0 Å². The van der Waals surface area contributed by atoms with E-state index in [1.165, 1.54) is 57.3 Å². The van der Waals surface area contributed by atoms with E-state index >= 15 is 0 Å². The minimum Gasteiger partial charge on any atom is -0.455 e. The smallest absolute Gasteiger partial charge is 0.222 e. The number of fused-ring (bicyclic) bond motifs is 1. The molecule has 3 heterocycles. The molecule has 2 aromatic heterocycles. The van der Waals surface area contributed by atoms with Crippen LogP contribution in [0.5, 0.6) is 11.5 Å². The number of aromatic nitrogens is 4. The van der Waals surface area contributed by atoms with Gasteiger partial charge in [0.05, 0.1) is 17.1 Å². The molecule has 2 aromatic carbocycles. The Morgan fingerprint density at radius 3 is 2.49 bits per heavy atom. The minimum atomic E-state index is -0.982. The third-order valence-corrected chi connectivity index (χ3v) is 12.6. The lowest BCUT2D eigenvalue weighted by Gasteiger charge is -2.57. The Morgan fingerprint density at radius 1 is 1.08 bits per heavy atom. The predicted molar refractivity (Wildman–Crippen MR) is 208 cm³/mol. The van der Waals surface area contributed by atoms with Crippen molar-refractivity contribution in [3.8, 4) is 22.8 Å². The molecule has 2 atom stereocenters. The third kappa shape index (κ3) is 7.64. The Bertz CT molecular complexity index is 1880. The SMILES string of the molecule is C=CC(O)Nc1cc(-c2nn(C3CCN(CCNC(=O)C(C)CCC45CC6CC(CC(C6)C4)C5)CC3)c3ncnc(N)c23)ccc1Oc1ccccc1. The zero-order chi connectivity index (χ0) is 36.5. The number of amides is 1. The van der Waals surface area contributed by atoms with Crippen LogP contribution in [0.15, 0.2) is 67.5 Å². The van der Waals surface area contributed by atoms with E-state index in [2.05, 4.69) is 39.0 Å². The lowest BCUT2D eigenvalue weighted by molar-refractivity contribution is -0.125. The van der Waals surface area contributed by atoms with Gasteiger partial charge in [0.2, 0.25) is 5.91 Å². The normalized spacial score (nSPS) is 25.3. The topological polar surface area (TPSA) is 143 Å². The van der Waals surface area contributed by atoms with E-state index in [0.717, 1.165) is 62.2 Å². The van der Waals surface area contributed by atoms with Crippen LogP contribution in [0.2, 0.25) is 0 Å². The van der Waals surface area contributed by atoms with Crippen LogP contribution in [0, 0.1) is 29.1 Å². The Kier molecular flexibility index (Phi) is 10.1. The van der Waals surface area contributed by atoms with Crippen molar-refractivity contribution < 1.29 is 14.6 Å². The number of ether oxygens (including phenoxy) is 1. The van der Waals surface area contributed by atoms with E-state index in [4.69, 9.17) is 15.6 Å². The maximum atomic E-state index is 13.1. The van der Waals surface area contributed by atoms with Crippen LogP contribution >= 0.6 is 0 Å². The molecule has 0 spiro atoms. The Balaban J connectivity index is 0.890. The van der Waals surface area contributed by atoms with Gasteiger partial charge in [-0.3, -0.25) is 4.79 Å². The molecule has 11 nitrogen and oxygen atoms in total. The average molecular weight is 719 g/mol. The predicted octanol–water partition coefficient (Wildman–Crippen LogP) is 7.17. The average Bonchev–Trinajstić information content (AvgIpc) is 3.55. The number of piperidine rings is 1. The maximum Gasteiger partial charge on any atom is 0.222 e. The lowest BCUT2D eigenvalue weighted by Crippen LogP contribution is -2.46. The standard InChI is InChI=1S/C42H54N8O3/c1-3-36(51)47-34-22-31(9-10-35(34)53-33-7-5-4-6-8-33)38-37-39(43)45-26-46-40(37)50(48-38)32-12-16-49(17-13-32)18-15-44-41(52)27(2)11-14-42-23-28-19-29(24-42)21-30(20-28)25-42/h3-10,22,26-30,32,36,47,51H,1,11-21,23-25H2,2H3,(H,44,52)(H2,43,45,46). The number of likely N-dealkylation sites (tertiary alicyclic amines) is 1. The number of nitrogens with zero attached hydrogens (tertiary/aromatic N) is 5. The van der Waals surface area contributed by atoms with Gasteiger partial charge < -0.3 is 31.1 Å². The molecule has 4 saturated carbocycles. The number of para-hydroxylation sites is 1. The molecule has 4 bridgehead atoms. The summed E-state index contributed by atoms with van der Waals surface area (Å²) in [5.74, 6) is 4.74. The van der Waals surface area contributed by atoms with Gasteiger partial charge in [0.1, 0.15) is 29.8 Å². The number of aliphatic hydroxyl groups excluding tert-OH is 1.